The zero-order valence-electron chi connectivity index (χ0n) is 4.50. The summed E-state index contributed by atoms with van der Waals surface area (Å²) < 4.78 is 0. The first-order chi connectivity index (χ1) is 3.68. The number of nitro groups is 1. The second kappa shape index (κ2) is 3.01. The predicted molar refractivity (Wildman–Crippen MR) is 28.0 cm³/mol. The third-order valence-electron chi connectivity index (χ3n) is 0.574. The van der Waals surface area contributed by atoms with E-state index in [-0.39, 0.29) is 0 Å². The Balaban J connectivity index is 3.80. The van der Waals surface area contributed by atoms with Crippen LogP contribution in [0.25, 0.3) is 0 Å². The highest BCUT2D eigenvalue weighted by Crippen LogP contribution is 1.89. The molecule has 0 aromatic rings. The van der Waals surface area contributed by atoms with E-state index in [0.29, 0.717) is 6.42 Å². The number of aliphatic hydroxyl groups excluding tert-OH is 1. The molecule has 0 aromatic heterocycles. The highest BCUT2D eigenvalue weighted by Gasteiger charge is 2.01. The number of nitrogens with zero attached hydrogens (tertiary/aromatic N) is 1. The van der Waals surface area contributed by atoms with E-state index in [1.165, 1.54) is 0 Å². The fourth-order valence-corrected chi connectivity index (χ4v) is 0.257. The summed E-state index contributed by atoms with van der Waals surface area (Å²) in [5.74, 6) is -0.771. The molecule has 4 nitrogen and oxygen atoms in total. The van der Waals surface area contributed by atoms with E-state index < -0.39 is 10.8 Å². The van der Waals surface area contributed by atoms with Gasteiger partial charge in [0.05, 0.1) is 0 Å². The largest absolute Gasteiger partial charge is 0.456 e. The Labute approximate surface area is 46.6 Å². The highest BCUT2D eigenvalue weighted by molar-refractivity contribution is 4.77. The van der Waals surface area contributed by atoms with Crippen LogP contribution in [0.5, 0.6) is 0 Å². The van der Waals surface area contributed by atoms with Crippen LogP contribution in [0.15, 0.2) is 12.0 Å². The molecule has 46 valence electrons. The average Bonchev–Trinajstić information content (AvgIpc) is 1.67. The van der Waals surface area contributed by atoms with Crippen molar-refractivity contribution in [3.8, 4) is 0 Å². The lowest BCUT2D eigenvalue weighted by Crippen LogP contribution is -1.95. The Bertz CT molecular complexity index is 118. The van der Waals surface area contributed by atoms with Gasteiger partial charge >= 0.3 is 5.88 Å². The second-order valence-corrected chi connectivity index (χ2v) is 1.23. The van der Waals surface area contributed by atoms with Crippen molar-refractivity contribution in [3.05, 3.63) is 22.1 Å². The van der Waals surface area contributed by atoms with Crippen LogP contribution in [-0.2, 0) is 0 Å². The lowest BCUT2D eigenvalue weighted by atomic mass is 10.5. The van der Waals surface area contributed by atoms with Crippen molar-refractivity contribution >= 4 is 0 Å². The quantitative estimate of drug-likeness (QED) is 0.334. The number of aliphatic hydroxyl groups is 1. The minimum Gasteiger partial charge on any atom is -0.456 e. The van der Waals surface area contributed by atoms with Crippen molar-refractivity contribution in [3.63, 3.8) is 0 Å². The number of hydrogen-bond acceptors (Lipinski definition) is 3. The van der Waals surface area contributed by atoms with Gasteiger partial charge in [-0.3, -0.25) is 10.1 Å². The van der Waals surface area contributed by atoms with Crippen LogP contribution in [0, 0.1) is 10.1 Å². The molecule has 0 fully saturated rings. The third-order valence-corrected chi connectivity index (χ3v) is 0.574. The summed E-state index contributed by atoms with van der Waals surface area (Å²) in [4.78, 5) is 8.75. The monoisotopic (exact) mass is 117 g/mol. The van der Waals surface area contributed by atoms with E-state index in [2.05, 4.69) is 0 Å². The molecule has 0 radical (unpaired) electrons. The van der Waals surface area contributed by atoms with Crippen LogP contribution in [-0.4, -0.2) is 10.0 Å². The summed E-state index contributed by atoms with van der Waals surface area (Å²) in [6.45, 7) is 1.71. The molecule has 0 amide bonds. The molecule has 0 aliphatic carbocycles. The van der Waals surface area contributed by atoms with Gasteiger partial charge in [-0.05, 0) is 6.42 Å². The summed E-state index contributed by atoms with van der Waals surface area (Å²) in [6.07, 6.45) is 1.62. The van der Waals surface area contributed by atoms with Gasteiger partial charge in [-0.15, -0.1) is 0 Å². The molecule has 0 unspecified atom stereocenters. The molecule has 0 bridgehead atoms. The van der Waals surface area contributed by atoms with Crippen molar-refractivity contribution in [2.24, 2.45) is 0 Å². The first kappa shape index (κ1) is 6.94. The molecule has 4 heteroatoms. The van der Waals surface area contributed by atoms with E-state index >= 15 is 0 Å². The summed E-state index contributed by atoms with van der Waals surface area (Å²) in [7, 11) is 0. The van der Waals surface area contributed by atoms with Crippen molar-refractivity contribution in [2.75, 3.05) is 0 Å². The van der Waals surface area contributed by atoms with E-state index in [4.69, 9.17) is 5.11 Å². The van der Waals surface area contributed by atoms with E-state index in [1.54, 1.807) is 6.92 Å². The van der Waals surface area contributed by atoms with Crippen molar-refractivity contribution in [1.29, 1.82) is 0 Å². The maximum Gasteiger partial charge on any atom is 0.421 e. The zero-order chi connectivity index (χ0) is 6.57. The molecule has 0 aliphatic heterocycles. The van der Waals surface area contributed by atoms with Gasteiger partial charge in [0, 0.05) is 6.08 Å². The SMILES string of the molecule is CC/C=C(/O)[N+](=O)[O-]. The van der Waals surface area contributed by atoms with Crippen LogP contribution in [0.2, 0.25) is 0 Å². The Morgan fingerprint density at radius 3 is 2.62 bits per heavy atom. The molecule has 0 rings (SSSR count). The summed E-state index contributed by atoms with van der Waals surface area (Å²) in [5.41, 5.74) is 0. The molecule has 0 heterocycles. The Hall–Kier alpha value is -1.06. The van der Waals surface area contributed by atoms with Crippen LogP contribution in [0.3, 0.4) is 0 Å². The van der Waals surface area contributed by atoms with Gasteiger partial charge in [-0.25, -0.2) is 0 Å². The standard InChI is InChI=1S/C4H7NO3/c1-2-3-4(6)5(7)8/h3,6H,2H2,1H3/b4-3+. The normalized spacial score (nSPS) is 11.4. The van der Waals surface area contributed by atoms with Gasteiger partial charge in [0.2, 0.25) is 0 Å². The molecule has 0 saturated carbocycles. The van der Waals surface area contributed by atoms with Gasteiger partial charge in [-0.2, -0.15) is 0 Å². The Kier molecular flexibility index (Phi) is 2.61. The minimum atomic E-state index is -0.830. The van der Waals surface area contributed by atoms with Gasteiger partial charge in [0.15, 0.2) is 0 Å². The maximum atomic E-state index is 9.58. The van der Waals surface area contributed by atoms with E-state index in [1.807, 2.05) is 0 Å². The molecular formula is C4H7NO3. The van der Waals surface area contributed by atoms with Crippen molar-refractivity contribution in [2.45, 2.75) is 13.3 Å². The van der Waals surface area contributed by atoms with Crippen molar-refractivity contribution in [1.82, 2.24) is 0 Å². The molecular weight excluding hydrogens is 110 g/mol. The van der Waals surface area contributed by atoms with Crippen LogP contribution >= 0.6 is 0 Å². The van der Waals surface area contributed by atoms with Gasteiger partial charge in [0.1, 0.15) is 4.92 Å². The van der Waals surface area contributed by atoms with Crippen LogP contribution < -0.4 is 0 Å². The summed E-state index contributed by atoms with van der Waals surface area (Å²) >= 11 is 0. The molecule has 0 atom stereocenters. The van der Waals surface area contributed by atoms with Crippen molar-refractivity contribution < 1.29 is 10.0 Å². The van der Waals surface area contributed by atoms with Crippen LogP contribution in [0.4, 0.5) is 0 Å². The van der Waals surface area contributed by atoms with Gasteiger partial charge in [0.25, 0.3) is 0 Å². The first-order valence-corrected chi connectivity index (χ1v) is 2.22. The maximum absolute atomic E-state index is 9.58. The Morgan fingerprint density at radius 1 is 2.00 bits per heavy atom. The topological polar surface area (TPSA) is 63.4 Å². The smallest absolute Gasteiger partial charge is 0.421 e. The zero-order valence-corrected chi connectivity index (χ0v) is 4.50. The molecule has 1 N–H and O–H groups in total. The number of rotatable bonds is 2. The Morgan fingerprint density at radius 2 is 2.50 bits per heavy atom. The highest BCUT2D eigenvalue weighted by atomic mass is 16.7. The fourth-order valence-electron chi connectivity index (χ4n) is 0.257. The fraction of sp³-hybridized carbons (Fsp3) is 0.500. The predicted octanol–water partition coefficient (Wildman–Crippen LogP) is 1.07. The summed E-state index contributed by atoms with van der Waals surface area (Å²) in [6, 6.07) is 0. The minimum absolute atomic E-state index is 0.479. The molecule has 0 aromatic carbocycles. The molecule has 0 saturated heterocycles. The molecule has 0 aliphatic rings. The first-order valence-electron chi connectivity index (χ1n) is 2.22. The summed E-state index contributed by atoms with van der Waals surface area (Å²) in [5, 5.41) is 17.9. The van der Waals surface area contributed by atoms with Gasteiger partial charge in [-0.1, -0.05) is 6.92 Å². The lowest BCUT2D eigenvalue weighted by molar-refractivity contribution is -0.459. The number of hydrogen-bond donors (Lipinski definition) is 1. The average molecular weight is 117 g/mol. The van der Waals surface area contributed by atoms with E-state index in [9.17, 15) is 10.1 Å². The van der Waals surface area contributed by atoms with E-state index in [0.717, 1.165) is 6.08 Å². The molecule has 0 spiro atoms. The molecule has 8 heavy (non-hydrogen) atoms. The third kappa shape index (κ3) is 2.17. The van der Waals surface area contributed by atoms with Gasteiger partial charge < -0.3 is 5.11 Å². The second-order valence-electron chi connectivity index (χ2n) is 1.23. The lowest BCUT2D eigenvalue weighted by Gasteiger charge is -1.82. The number of allylic oxidation sites excluding steroid dienone is 1. The van der Waals surface area contributed by atoms with Crippen LogP contribution in [0.1, 0.15) is 13.3 Å².